The minimum Gasteiger partial charge on any atom is -0.353 e. The summed E-state index contributed by atoms with van der Waals surface area (Å²) in [5.74, 6) is 0.0345. The van der Waals surface area contributed by atoms with Crippen molar-refractivity contribution in [3.8, 4) is 0 Å². The van der Waals surface area contributed by atoms with Crippen LogP contribution < -0.4 is 5.32 Å². The number of hydrogen-bond donors (Lipinski definition) is 1. The first-order valence-electron chi connectivity index (χ1n) is 8.59. The van der Waals surface area contributed by atoms with Gasteiger partial charge in [-0.1, -0.05) is 48.5 Å². The van der Waals surface area contributed by atoms with Crippen LogP contribution in [-0.2, 0) is 11.3 Å². The van der Waals surface area contributed by atoms with E-state index in [9.17, 15) is 4.79 Å². The summed E-state index contributed by atoms with van der Waals surface area (Å²) in [5, 5.41) is 4.26. The molecule has 1 N–H and O–H groups in total. The summed E-state index contributed by atoms with van der Waals surface area (Å²) in [7, 11) is 4.07. The van der Waals surface area contributed by atoms with Crippen LogP contribution in [0, 0.1) is 6.92 Å². The molecular formula is C21H25N3O. The molecule has 0 unspecified atom stereocenters. The summed E-state index contributed by atoms with van der Waals surface area (Å²) in [5.41, 5.74) is 3.40. The Labute approximate surface area is 149 Å². The van der Waals surface area contributed by atoms with Gasteiger partial charge in [-0.3, -0.25) is 4.79 Å². The third kappa shape index (κ3) is 3.91. The second-order valence-electron chi connectivity index (χ2n) is 6.62. The van der Waals surface area contributed by atoms with Crippen LogP contribution in [0.25, 0.3) is 10.9 Å². The Bertz CT molecular complexity index is 852. The van der Waals surface area contributed by atoms with Gasteiger partial charge < -0.3 is 14.8 Å². The smallest absolute Gasteiger partial charge is 0.240 e. The average Bonchev–Trinajstić information content (AvgIpc) is 2.91. The molecule has 25 heavy (non-hydrogen) atoms. The molecule has 0 radical (unpaired) electrons. The summed E-state index contributed by atoms with van der Waals surface area (Å²) >= 11 is 0. The van der Waals surface area contributed by atoms with E-state index in [1.165, 1.54) is 10.9 Å². The fourth-order valence-electron chi connectivity index (χ4n) is 3.24. The van der Waals surface area contributed by atoms with Gasteiger partial charge in [0.1, 0.15) is 6.54 Å². The van der Waals surface area contributed by atoms with E-state index in [0.717, 1.165) is 11.2 Å². The maximum atomic E-state index is 12.5. The van der Waals surface area contributed by atoms with Gasteiger partial charge in [0, 0.05) is 17.8 Å². The summed E-state index contributed by atoms with van der Waals surface area (Å²) in [6.07, 6.45) is 0. The number of fused-ring (bicyclic) bond motifs is 1. The Balaban J connectivity index is 1.68. The van der Waals surface area contributed by atoms with Gasteiger partial charge in [-0.25, -0.2) is 0 Å². The lowest BCUT2D eigenvalue weighted by Gasteiger charge is -2.25. The van der Waals surface area contributed by atoms with Crippen LogP contribution in [0.5, 0.6) is 0 Å². The van der Waals surface area contributed by atoms with Crippen molar-refractivity contribution in [2.24, 2.45) is 0 Å². The molecule has 0 bridgehead atoms. The summed E-state index contributed by atoms with van der Waals surface area (Å²) < 4.78 is 2.07. The highest BCUT2D eigenvalue weighted by Gasteiger charge is 2.16. The first-order valence-corrected chi connectivity index (χ1v) is 8.59. The summed E-state index contributed by atoms with van der Waals surface area (Å²) in [6.45, 7) is 2.97. The number of aromatic nitrogens is 1. The minimum absolute atomic E-state index is 0.0345. The Hall–Kier alpha value is -2.59. The number of rotatable bonds is 6. The predicted octanol–water partition coefficient (Wildman–Crippen LogP) is 3.37. The van der Waals surface area contributed by atoms with Crippen LogP contribution >= 0.6 is 0 Å². The number of nitrogens with zero attached hydrogens (tertiary/aromatic N) is 2. The van der Waals surface area contributed by atoms with Crippen LogP contribution in [0.4, 0.5) is 0 Å². The fourth-order valence-corrected chi connectivity index (χ4v) is 3.24. The molecule has 3 aromatic rings. The number of hydrogen-bond acceptors (Lipinski definition) is 2. The predicted molar refractivity (Wildman–Crippen MR) is 103 cm³/mol. The number of aryl methyl sites for hydroxylation is 1. The van der Waals surface area contributed by atoms with Crippen molar-refractivity contribution < 1.29 is 4.79 Å². The number of carbonyl (C=O) groups excluding carboxylic acids is 1. The van der Waals surface area contributed by atoms with Gasteiger partial charge in [-0.15, -0.1) is 0 Å². The van der Waals surface area contributed by atoms with Crippen molar-refractivity contribution in [2.45, 2.75) is 19.5 Å². The molecule has 0 spiro atoms. The number of benzene rings is 2. The first kappa shape index (κ1) is 17.2. The minimum atomic E-state index is 0.0345. The van der Waals surface area contributed by atoms with Gasteiger partial charge in [-0.2, -0.15) is 0 Å². The van der Waals surface area contributed by atoms with Gasteiger partial charge in [-0.05, 0) is 44.1 Å². The topological polar surface area (TPSA) is 37.3 Å². The molecule has 3 rings (SSSR count). The standard InChI is InChI=1S/C21H25N3O/c1-16-13-18-11-7-8-12-19(18)24(16)15-21(25)22-14-20(23(2)3)17-9-5-4-6-10-17/h4-13,20H,14-15H2,1-3H3,(H,22,25)/t20-/m1/s1. The highest BCUT2D eigenvalue weighted by molar-refractivity contribution is 5.84. The van der Waals surface area contributed by atoms with Crippen molar-refractivity contribution in [3.05, 3.63) is 71.9 Å². The zero-order valence-electron chi connectivity index (χ0n) is 15.1. The maximum absolute atomic E-state index is 12.5. The summed E-state index contributed by atoms with van der Waals surface area (Å²) in [4.78, 5) is 14.6. The lowest BCUT2D eigenvalue weighted by molar-refractivity contribution is -0.121. The van der Waals surface area contributed by atoms with Crippen molar-refractivity contribution in [1.29, 1.82) is 0 Å². The molecule has 2 aromatic carbocycles. The van der Waals surface area contributed by atoms with E-state index in [2.05, 4.69) is 45.1 Å². The lowest BCUT2D eigenvalue weighted by Crippen LogP contribution is -2.36. The van der Waals surface area contributed by atoms with Gasteiger partial charge in [0.2, 0.25) is 5.91 Å². The Morgan fingerprint density at radius 3 is 2.48 bits per heavy atom. The monoisotopic (exact) mass is 335 g/mol. The zero-order chi connectivity index (χ0) is 17.8. The van der Waals surface area contributed by atoms with Gasteiger partial charge in [0.05, 0.1) is 6.04 Å². The second-order valence-corrected chi connectivity index (χ2v) is 6.62. The molecule has 0 saturated heterocycles. The second kappa shape index (κ2) is 7.53. The molecule has 0 saturated carbocycles. The van der Waals surface area contributed by atoms with Crippen molar-refractivity contribution >= 4 is 16.8 Å². The van der Waals surface area contributed by atoms with E-state index in [1.807, 2.05) is 51.4 Å². The van der Waals surface area contributed by atoms with E-state index in [0.29, 0.717) is 13.1 Å². The van der Waals surface area contributed by atoms with Gasteiger partial charge in [0.15, 0.2) is 0 Å². The molecule has 0 aliphatic rings. The molecule has 0 aliphatic carbocycles. The van der Waals surface area contributed by atoms with E-state index in [-0.39, 0.29) is 11.9 Å². The van der Waals surface area contributed by atoms with E-state index < -0.39 is 0 Å². The van der Waals surface area contributed by atoms with E-state index in [4.69, 9.17) is 0 Å². The van der Waals surface area contributed by atoms with Crippen LogP contribution in [0.3, 0.4) is 0 Å². The molecular weight excluding hydrogens is 310 g/mol. The molecule has 130 valence electrons. The first-order chi connectivity index (χ1) is 12.1. The number of carbonyl (C=O) groups is 1. The molecule has 0 fully saturated rings. The number of amides is 1. The largest absolute Gasteiger partial charge is 0.353 e. The van der Waals surface area contributed by atoms with Crippen molar-refractivity contribution in [2.75, 3.05) is 20.6 Å². The fraction of sp³-hybridized carbons (Fsp3) is 0.286. The molecule has 4 heteroatoms. The van der Waals surface area contributed by atoms with Crippen molar-refractivity contribution in [1.82, 2.24) is 14.8 Å². The third-order valence-electron chi connectivity index (χ3n) is 4.62. The van der Waals surface area contributed by atoms with E-state index in [1.54, 1.807) is 0 Å². The molecule has 1 heterocycles. The van der Waals surface area contributed by atoms with E-state index >= 15 is 0 Å². The van der Waals surface area contributed by atoms with Crippen LogP contribution in [0.1, 0.15) is 17.3 Å². The van der Waals surface area contributed by atoms with Crippen LogP contribution in [-0.4, -0.2) is 36.0 Å². The lowest BCUT2D eigenvalue weighted by atomic mass is 10.1. The molecule has 0 aliphatic heterocycles. The zero-order valence-corrected chi connectivity index (χ0v) is 15.1. The number of likely N-dealkylation sites (N-methyl/N-ethyl adjacent to an activating group) is 1. The molecule has 1 amide bonds. The third-order valence-corrected chi connectivity index (χ3v) is 4.62. The Morgan fingerprint density at radius 2 is 1.76 bits per heavy atom. The average molecular weight is 335 g/mol. The Morgan fingerprint density at radius 1 is 1.08 bits per heavy atom. The molecule has 1 atom stereocenters. The number of nitrogens with one attached hydrogen (secondary N) is 1. The Kier molecular flexibility index (Phi) is 5.19. The van der Waals surface area contributed by atoms with Crippen molar-refractivity contribution in [3.63, 3.8) is 0 Å². The molecule has 4 nitrogen and oxygen atoms in total. The molecule has 1 aromatic heterocycles. The quantitative estimate of drug-likeness (QED) is 0.750. The normalized spacial score (nSPS) is 12.5. The highest BCUT2D eigenvalue weighted by Crippen LogP contribution is 2.19. The van der Waals surface area contributed by atoms with Crippen LogP contribution in [0.15, 0.2) is 60.7 Å². The summed E-state index contributed by atoms with van der Waals surface area (Å²) in [6, 6.07) is 20.7. The number of para-hydroxylation sites is 1. The maximum Gasteiger partial charge on any atom is 0.240 e. The van der Waals surface area contributed by atoms with Gasteiger partial charge in [0.25, 0.3) is 0 Å². The van der Waals surface area contributed by atoms with Gasteiger partial charge >= 0.3 is 0 Å². The highest BCUT2D eigenvalue weighted by atomic mass is 16.1. The SMILES string of the molecule is Cc1cc2ccccc2n1CC(=O)NC[C@H](c1ccccc1)N(C)C. The van der Waals surface area contributed by atoms with Crippen LogP contribution in [0.2, 0.25) is 0 Å².